The Morgan fingerprint density at radius 3 is 2.22 bits per heavy atom. The van der Waals surface area contributed by atoms with Gasteiger partial charge in [0, 0.05) is 15.7 Å². The lowest BCUT2D eigenvalue weighted by Gasteiger charge is -2.08. The summed E-state index contributed by atoms with van der Waals surface area (Å²) in [5, 5.41) is 12.1. The molecule has 0 unspecified atom stereocenters. The SMILES string of the molecule is Cc1ccc(-n2nc3cc(C)c(NC(=O)c4ccc(Br)cc4)cc3n2)cc1. The standard InChI is InChI=1S/C21H17BrN4O/c1-13-3-9-17(10-4-13)26-24-19-11-14(2)18(12-20(19)25-26)23-21(27)15-5-7-16(22)8-6-15/h3-12H,1-2H3,(H,23,27). The van der Waals surface area contributed by atoms with Gasteiger partial charge in [0.05, 0.1) is 5.69 Å². The van der Waals surface area contributed by atoms with Crippen molar-refractivity contribution < 1.29 is 4.79 Å². The Bertz CT molecular complexity index is 1130. The summed E-state index contributed by atoms with van der Waals surface area (Å²) in [4.78, 5) is 14.1. The lowest BCUT2D eigenvalue weighted by Crippen LogP contribution is -2.12. The van der Waals surface area contributed by atoms with Crippen LogP contribution in [0.4, 0.5) is 5.69 Å². The van der Waals surface area contributed by atoms with E-state index >= 15 is 0 Å². The van der Waals surface area contributed by atoms with E-state index in [2.05, 4.69) is 31.4 Å². The average Bonchev–Trinajstić information content (AvgIpc) is 3.05. The lowest BCUT2D eigenvalue weighted by atomic mass is 10.1. The summed E-state index contributed by atoms with van der Waals surface area (Å²) < 4.78 is 0.935. The largest absolute Gasteiger partial charge is 0.322 e. The van der Waals surface area contributed by atoms with Crippen molar-refractivity contribution in [3.63, 3.8) is 0 Å². The number of benzene rings is 3. The molecule has 0 saturated heterocycles. The van der Waals surface area contributed by atoms with Gasteiger partial charge in [0.15, 0.2) is 0 Å². The van der Waals surface area contributed by atoms with E-state index in [1.165, 1.54) is 5.56 Å². The third-order valence-corrected chi connectivity index (χ3v) is 4.87. The molecular formula is C21H17BrN4O. The molecule has 4 aromatic rings. The van der Waals surface area contributed by atoms with Gasteiger partial charge in [-0.3, -0.25) is 4.79 Å². The van der Waals surface area contributed by atoms with Gasteiger partial charge in [0.25, 0.3) is 5.91 Å². The topological polar surface area (TPSA) is 59.8 Å². The van der Waals surface area contributed by atoms with Gasteiger partial charge in [0.1, 0.15) is 11.0 Å². The maximum Gasteiger partial charge on any atom is 0.255 e. The van der Waals surface area contributed by atoms with E-state index in [1.807, 2.05) is 62.4 Å². The van der Waals surface area contributed by atoms with Crippen LogP contribution in [0, 0.1) is 13.8 Å². The number of hydrogen-bond donors (Lipinski definition) is 1. The van der Waals surface area contributed by atoms with Crippen LogP contribution in [0.2, 0.25) is 0 Å². The van der Waals surface area contributed by atoms with Crippen LogP contribution in [0.25, 0.3) is 16.7 Å². The predicted molar refractivity (Wildman–Crippen MR) is 110 cm³/mol. The number of nitrogens with zero attached hydrogens (tertiary/aromatic N) is 3. The molecule has 1 heterocycles. The Morgan fingerprint density at radius 1 is 0.926 bits per heavy atom. The number of rotatable bonds is 3. The van der Waals surface area contributed by atoms with Crippen molar-refractivity contribution >= 4 is 38.6 Å². The number of aromatic nitrogens is 3. The molecule has 134 valence electrons. The van der Waals surface area contributed by atoms with Crippen LogP contribution in [0.5, 0.6) is 0 Å². The highest BCUT2D eigenvalue weighted by Crippen LogP contribution is 2.23. The number of anilines is 1. The van der Waals surface area contributed by atoms with Crippen molar-refractivity contribution in [1.82, 2.24) is 15.0 Å². The Kier molecular flexibility index (Phi) is 4.49. The van der Waals surface area contributed by atoms with E-state index in [-0.39, 0.29) is 5.91 Å². The molecule has 0 radical (unpaired) electrons. The number of hydrogen-bond acceptors (Lipinski definition) is 3. The van der Waals surface area contributed by atoms with E-state index in [0.29, 0.717) is 5.56 Å². The Morgan fingerprint density at radius 2 is 1.56 bits per heavy atom. The molecule has 0 spiro atoms. The minimum Gasteiger partial charge on any atom is -0.322 e. The molecule has 0 bridgehead atoms. The van der Waals surface area contributed by atoms with Crippen molar-refractivity contribution in [2.24, 2.45) is 0 Å². The molecule has 0 aliphatic heterocycles. The fourth-order valence-electron chi connectivity index (χ4n) is 2.79. The van der Waals surface area contributed by atoms with Gasteiger partial charge < -0.3 is 5.32 Å². The van der Waals surface area contributed by atoms with Crippen molar-refractivity contribution in [1.29, 1.82) is 0 Å². The number of halogens is 1. The van der Waals surface area contributed by atoms with Crippen LogP contribution < -0.4 is 5.32 Å². The van der Waals surface area contributed by atoms with Crippen LogP contribution in [0.3, 0.4) is 0 Å². The molecule has 0 fully saturated rings. The van der Waals surface area contributed by atoms with Crippen LogP contribution in [0.1, 0.15) is 21.5 Å². The van der Waals surface area contributed by atoms with Crippen molar-refractivity contribution in [3.05, 3.63) is 81.8 Å². The van der Waals surface area contributed by atoms with E-state index < -0.39 is 0 Å². The number of aryl methyl sites for hydroxylation is 2. The highest BCUT2D eigenvalue weighted by atomic mass is 79.9. The predicted octanol–water partition coefficient (Wildman–Crippen LogP) is 5.05. The molecule has 1 N–H and O–H groups in total. The molecular weight excluding hydrogens is 404 g/mol. The van der Waals surface area contributed by atoms with Gasteiger partial charge in [-0.15, -0.1) is 10.2 Å². The quantitative estimate of drug-likeness (QED) is 0.504. The number of fused-ring (bicyclic) bond motifs is 1. The van der Waals surface area contributed by atoms with E-state index in [0.717, 1.165) is 32.4 Å². The normalized spacial score (nSPS) is 10.9. The molecule has 1 amide bonds. The molecule has 3 aromatic carbocycles. The molecule has 0 aliphatic carbocycles. The second kappa shape index (κ2) is 6.96. The van der Waals surface area contributed by atoms with Crippen molar-refractivity contribution in [3.8, 4) is 5.69 Å². The van der Waals surface area contributed by atoms with E-state index in [1.54, 1.807) is 16.9 Å². The molecule has 0 saturated carbocycles. The monoisotopic (exact) mass is 420 g/mol. The van der Waals surface area contributed by atoms with E-state index in [4.69, 9.17) is 0 Å². The summed E-state index contributed by atoms with van der Waals surface area (Å²) in [5.41, 5.74) is 5.86. The van der Waals surface area contributed by atoms with Gasteiger partial charge in [-0.1, -0.05) is 33.6 Å². The average molecular weight is 421 g/mol. The van der Waals surface area contributed by atoms with Crippen molar-refractivity contribution in [2.45, 2.75) is 13.8 Å². The zero-order valence-corrected chi connectivity index (χ0v) is 16.5. The molecule has 4 rings (SSSR count). The summed E-state index contributed by atoms with van der Waals surface area (Å²) in [6.45, 7) is 3.99. The molecule has 0 atom stereocenters. The first-order valence-corrected chi connectivity index (χ1v) is 9.30. The molecule has 1 aromatic heterocycles. The number of carbonyl (C=O) groups excluding carboxylic acids is 1. The molecule has 6 heteroatoms. The molecule has 5 nitrogen and oxygen atoms in total. The van der Waals surface area contributed by atoms with Crippen LogP contribution >= 0.6 is 15.9 Å². The van der Waals surface area contributed by atoms with Gasteiger partial charge in [-0.2, -0.15) is 4.80 Å². The number of nitrogens with one attached hydrogen (secondary N) is 1. The van der Waals surface area contributed by atoms with Gasteiger partial charge in [0.2, 0.25) is 0 Å². The minimum absolute atomic E-state index is 0.157. The Balaban J connectivity index is 1.65. The zero-order chi connectivity index (χ0) is 19.0. The van der Waals surface area contributed by atoms with Crippen LogP contribution in [-0.4, -0.2) is 20.9 Å². The number of carbonyl (C=O) groups is 1. The Hall–Kier alpha value is -2.99. The fraction of sp³-hybridized carbons (Fsp3) is 0.0952. The third kappa shape index (κ3) is 3.61. The van der Waals surface area contributed by atoms with Gasteiger partial charge >= 0.3 is 0 Å². The maximum absolute atomic E-state index is 12.5. The third-order valence-electron chi connectivity index (χ3n) is 4.35. The summed E-state index contributed by atoms with van der Waals surface area (Å²) in [6.07, 6.45) is 0. The molecule has 0 aliphatic rings. The first-order valence-electron chi connectivity index (χ1n) is 8.51. The van der Waals surface area contributed by atoms with Crippen LogP contribution in [0.15, 0.2) is 65.1 Å². The summed E-state index contributed by atoms with van der Waals surface area (Å²) in [5.74, 6) is -0.157. The summed E-state index contributed by atoms with van der Waals surface area (Å²) in [6, 6.07) is 19.1. The first-order chi connectivity index (χ1) is 13.0. The first kappa shape index (κ1) is 17.4. The second-order valence-corrected chi connectivity index (χ2v) is 7.36. The highest BCUT2D eigenvalue weighted by molar-refractivity contribution is 9.10. The second-order valence-electron chi connectivity index (χ2n) is 6.44. The van der Waals surface area contributed by atoms with Crippen molar-refractivity contribution in [2.75, 3.05) is 5.32 Å². The minimum atomic E-state index is -0.157. The molecule has 27 heavy (non-hydrogen) atoms. The van der Waals surface area contributed by atoms with Crippen LogP contribution in [-0.2, 0) is 0 Å². The Labute approximate surface area is 165 Å². The van der Waals surface area contributed by atoms with Gasteiger partial charge in [-0.05, 0) is 67.9 Å². The lowest BCUT2D eigenvalue weighted by molar-refractivity contribution is 0.102. The smallest absolute Gasteiger partial charge is 0.255 e. The van der Waals surface area contributed by atoms with Gasteiger partial charge in [-0.25, -0.2) is 0 Å². The maximum atomic E-state index is 12.5. The fourth-order valence-corrected chi connectivity index (χ4v) is 3.06. The zero-order valence-electron chi connectivity index (χ0n) is 14.9. The highest BCUT2D eigenvalue weighted by Gasteiger charge is 2.12. The number of amides is 1. The van der Waals surface area contributed by atoms with E-state index in [9.17, 15) is 4.79 Å². The summed E-state index contributed by atoms with van der Waals surface area (Å²) >= 11 is 3.38. The summed E-state index contributed by atoms with van der Waals surface area (Å²) in [7, 11) is 0.